The summed E-state index contributed by atoms with van der Waals surface area (Å²) in [6.07, 6.45) is -0.290. The van der Waals surface area contributed by atoms with Gasteiger partial charge >= 0.3 is 6.09 Å². The lowest BCUT2D eigenvalue weighted by molar-refractivity contribution is -0.121. The number of ether oxygens (including phenoxy) is 1. The zero-order valence-electron chi connectivity index (χ0n) is 19.2. The normalized spacial score (nSPS) is 13.7. The van der Waals surface area contributed by atoms with Crippen LogP contribution in [-0.2, 0) is 20.9 Å². The van der Waals surface area contributed by atoms with Crippen LogP contribution in [0.25, 0.3) is 0 Å². The van der Waals surface area contributed by atoms with E-state index in [1.807, 2.05) is 19.9 Å². The van der Waals surface area contributed by atoms with Gasteiger partial charge in [-0.1, -0.05) is 45.5 Å². The van der Waals surface area contributed by atoms with Crippen molar-refractivity contribution in [1.29, 1.82) is 0 Å². The number of carbonyl (C=O) groups excluding carboxylic acids is 2. The number of rotatable bonds is 6. The molecule has 166 valence electrons. The van der Waals surface area contributed by atoms with Crippen molar-refractivity contribution in [3.8, 4) is 11.5 Å². The van der Waals surface area contributed by atoms with Gasteiger partial charge in [0.15, 0.2) is 4.90 Å². The van der Waals surface area contributed by atoms with Gasteiger partial charge in [-0.25, -0.2) is 4.79 Å². The first-order valence-electron chi connectivity index (χ1n) is 10.0. The fraction of sp³-hybridized carbons (Fsp3) is 0.545. The second-order valence-electron chi connectivity index (χ2n) is 9.59. The van der Waals surface area contributed by atoms with Gasteiger partial charge in [0, 0.05) is 11.6 Å². The summed E-state index contributed by atoms with van der Waals surface area (Å²) in [5, 5.41) is 2.58. The van der Waals surface area contributed by atoms with Crippen LogP contribution in [0.4, 0.5) is 4.79 Å². The molecule has 8 heteroatoms. The standard InChI is InChI=1S/C22H34N2O4SSi/c1-16(2)14-19(23-21(26)28-22(3,4)5)20(25)24-29(27)18-11-9-10-17(15-18)12-13-30(6,7)8/h9-11,15-16,19H,14H2,1-8H3,(H,23,26)(H,24,25). The van der Waals surface area contributed by atoms with Crippen LogP contribution in [0.1, 0.15) is 46.6 Å². The summed E-state index contributed by atoms with van der Waals surface area (Å²) in [6, 6.07) is 6.15. The quantitative estimate of drug-likeness (QED) is 0.389. The van der Waals surface area contributed by atoms with E-state index in [2.05, 4.69) is 41.1 Å². The van der Waals surface area contributed by atoms with Crippen molar-refractivity contribution in [3.63, 3.8) is 0 Å². The van der Waals surface area contributed by atoms with Crippen molar-refractivity contribution >= 4 is 31.4 Å². The zero-order valence-corrected chi connectivity index (χ0v) is 21.0. The molecule has 1 rings (SSSR count). The Morgan fingerprint density at radius 2 is 1.87 bits per heavy atom. The number of hydrogen-bond donors (Lipinski definition) is 2. The molecule has 0 fully saturated rings. The van der Waals surface area contributed by atoms with Crippen molar-refractivity contribution in [3.05, 3.63) is 29.8 Å². The summed E-state index contributed by atoms with van der Waals surface area (Å²) in [5.41, 5.74) is 3.34. The second-order valence-corrected chi connectivity index (χ2v) is 15.6. The number of alkyl carbamates (subject to hydrolysis) is 1. The summed E-state index contributed by atoms with van der Waals surface area (Å²) in [5.74, 6) is 2.74. The largest absolute Gasteiger partial charge is 0.588 e. The van der Waals surface area contributed by atoms with Crippen LogP contribution >= 0.6 is 0 Å². The van der Waals surface area contributed by atoms with Gasteiger partial charge in [0.1, 0.15) is 31.1 Å². The highest BCUT2D eigenvalue weighted by atomic mass is 32.2. The maximum atomic E-state index is 12.7. The highest BCUT2D eigenvalue weighted by molar-refractivity contribution is 7.90. The van der Waals surface area contributed by atoms with Crippen LogP contribution in [-0.4, -0.2) is 36.3 Å². The van der Waals surface area contributed by atoms with Crippen molar-refractivity contribution in [2.75, 3.05) is 0 Å². The minimum Gasteiger partial charge on any atom is -0.588 e. The monoisotopic (exact) mass is 450 g/mol. The van der Waals surface area contributed by atoms with Gasteiger partial charge < -0.3 is 14.6 Å². The molecule has 0 saturated carbocycles. The van der Waals surface area contributed by atoms with Crippen LogP contribution in [0.2, 0.25) is 19.6 Å². The average molecular weight is 451 g/mol. The van der Waals surface area contributed by atoms with Gasteiger partial charge in [0.05, 0.1) is 0 Å². The maximum absolute atomic E-state index is 12.7. The van der Waals surface area contributed by atoms with Crippen LogP contribution in [0.5, 0.6) is 0 Å². The fourth-order valence-electron chi connectivity index (χ4n) is 2.32. The summed E-state index contributed by atoms with van der Waals surface area (Å²) >= 11 is -1.77. The maximum Gasteiger partial charge on any atom is 0.408 e. The first kappa shape index (κ1) is 26.1. The van der Waals surface area contributed by atoms with Crippen molar-refractivity contribution in [1.82, 2.24) is 10.0 Å². The molecule has 0 aliphatic carbocycles. The lowest BCUT2D eigenvalue weighted by Crippen LogP contribution is -2.50. The number of carbonyl (C=O) groups is 2. The highest BCUT2D eigenvalue weighted by Crippen LogP contribution is 2.14. The predicted octanol–water partition coefficient (Wildman–Crippen LogP) is 3.99. The lowest BCUT2D eigenvalue weighted by atomic mass is 10.0. The van der Waals surface area contributed by atoms with E-state index in [-0.39, 0.29) is 5.92 Å². The zero-order chi connectivity index (χ0) is 23.1. The smallest absolute Gasteiger partial charge is 0.408 e. The first-order chi connectivity index (χ1) is 13.7. The van der Waals surface area contributed by atoms with E-state index in [1.54, 1.807) is 39.0 Å². The van der Waals surface area contributed by atoms with Crippen LogP contribution in [0, 0.1) is 17.4 Å². The Kier molecular flexibility index (Phi) is 9.47. The molecule has 6 nitrogen and oxygen atoms in total. The van der Waals surface area contributed by atoms with Crippen LogP contribution < -0.4 is 10.0 Å². The van der Waals surface area contributed by atoms with E-state index in [4.69, 9.17) is 4.74 Å². The third-order valence-corrected chi connectivity index (χ3v) is 5.48. The van der Waals surface area contributed by atoms with Gasteiger partial charge in [-0.2, -0.15) is 4.72 Å². The highest BCUT2D eigenvalue weighted by Gasteiger charge is 2.28. The van der Waals surface area contributed by atoms with Gasteiger partial charge in [-0.05, 0) is 45.2 Å². The van der Waals surface area contributed by atoms with E-state index in [9.17, 15) is 14.1 Å². The van der Waals surface area contributed by atoms with E-state index in [1.165, 1.54) is 0 Å². The van der Waals surface area contributed by atoms with Crippen LogP contribution in [0.15, 0.2) is 29.2 Å². The third kappa shape index (κ3) is 10.7. The Bertz CT molecular complexity index is 804. The molecular formula is C22H34N2O4SSi. The molecule has 0 saturated heterocycles. The van der Waals surface area contributed by atoms with Gasteiger partial charge in [-0.15, -0.1) is 5.54 Å². The number of amides is 2. The molecule has 0 aliphatic rings. The van der Waals surface area contributed by atoms with E-state index < -0.39 is 43.1 Å². The Balaban J connectivity index is 2.90. The Labute approximate surface area is 184 Å². The SMILES string of the molecule is CC(C)CC(NC(=O)OC(C)(C)C)C(=O)N[S+]([O-])c1cccc(C#C[Si](C)(C)C)c1. The Morgan fingerprint density at radius 3 is 2.40 bits per heavy atom. The molecule has 0 bridgehead atoms. The molecule has 1 aromatic rings. The Morgan fingerprint density at radius 1 is 1.23 bits per heavy atom. The molecule has 2 unspecified atom stereocenters. The topological polar surface area (TPSA) is 90.5 Å². The molecule has 0 spiro atoms. The third-order valence-electron chi connectivity index (χ3n) is 3.54. The number of nitrogens with one attached hydrogen (secondary N) is 2. The van der Waals surface area contributed by atoms with Crippen molar-refractivity contribution in [2.24, 2.45) is 5.92 Å². The van der Waals surface area contributed by atoms with Gasteiger partial charge in [0.25, 0.3) is 5.91 Å². The predicted molar refractivity (Wildman–Crippen MR) is 124 cm³/mol. The molecule has 0 aliphatic heterocycles. The van der Waals surface area contributed by atoms with E-state index in [0.29, 0.717) is 11.3 Å². The second kappa shape index (κ2) is 10.9. The summed E-state index contributed by atoms with van der Waals surface area (Å²) in [6.45, 7) is 15.6. The van der Waals surface area contributed by atoms with Gasteiger partial charge in [0.2, 0.25) is 0 Å². The first-order valence-corrected chi connectivity index (χ1v) is 14.7. The van der Waals surface area contributed by atoms with Crippen LogP contribution in [0.3, 0.4) is 0 Å². The van der Waals surface area contributed by atoms with E-state index in [0.717, 1.165) is 5.56 Å². The summed E-state index contributed by atoms with van der Waals surface area (Å²) in [7, 11) is -1.53. The molecule has 0 aromatic heterocycles. The molecular weight excluding hydrogens is 416 g/mol. The molecule has 1 aromatic carbocycles. The summed E-state index contributed by atoms with van der Waals surface area (Å²) in [4.78, 5) is 25.3. The van der Waals surface area contributed by atoms with Crippen molar-refractivity contribution < 1.29 is 18.9 Å². The minimum atomic E-state index is -1.77. The fourth-order valence-corrected chi connectivity index (χ4v) is 3.72. The Hall–Kier alpha value is -1.95. The molecule has 0 radical (unpaired) electrons. The molecule has 30 heavy (non-hydrogen) atoms. The minimum absolute atomic E-state index is 0.143. The van der Waals surface area contributed by atoms with Crippen molar-refractivity contribution in [2.45, 2.75) is 77.2 Å². The lowest BCUT2D eigenvalue weighted by Gasteiger charge is -2.24. The van der Waals surface area contributed by atoms with Gasteiger partial charge in [-0.3, -0.25) is 4.79 Å². The number of benzene rings is 1. The molecule has 0 heterocycles. The molecule has 2 N–H and O–H groups in total. The van der Waals surface area contributed by atoms with E-state index >= 15 is 0 Å². The molecule has 2 amide bonds. The number of hydrogen-bond acceptors (Lipinski definition) is 4. The average Bonchev–Trinajstić information content (AvgIpc) is 2.57. The summed E-state index contributed by atoms with van der Waals surface area (Å²) < 4.78 is 20.4. The molecule has 2 atom stereocenters.